The molecule has 0 N–H and O–H groups in total. The van der Waals surface area contributed by atoms with Crippen LogP contribution in [0.15, 0.2) is 36.4 Å². The van der Waals surface area contributed by atoms with Gasteiger partial charge in [0.1, 0.15) is 0 Å². The molecule has 0 heterocycles. The van der Waals surface area contributed by atoms with E-state index in [0.29, 0.717) is 0 Å². The second kappa shape index (κ2) is 4.71. The van der Waals surface area contributed by atoms with Crippen LogP contribution in [0.25, 0.3) is 10.8 Å². The number of thioether (sulfide) groups is 1. The molecule has 0 bridgehead atoms. The van der Waals surface area contributed by atoms with Gasteiger partial charge in [-0.1, -0.05) is 48.9 Å². The molecule has 2 aromatic rings. The molecule has 0 amide bonds. The molecule has 0 saturated heterocycles. The summed E-state index contributed by atoms with van der Waals surface area (Å²) in [7, 11) is 0. The Balaban J connectivity index is 2.34. The molecule has 0 atom stereocenters. The summed E-state index contributed by atoms with van der Waals surface area (Å²) >= 11 is 1.97. The van der Waals surface area contributed by atoms with E-state index in [0.717, 1.165) is 5.75 Å². The molecule has 0 radical (unpaired) electrons. The highest BCUT2D eigenvalue weighted by Crippen LogP contribution is 2.20. The van der Waals surface area contributed by atoms with Crippen molar-refractivity contribution < 1.29 is 0 Å². The lowest BCUT2D eigenvalue weighted by atomic mass is 10.1. The van der Waals surface area contributed by atoms with Crippen molar-refractivity contribution in [3.05, 3.63) is 47.5 Å². The van der Waals surface area contributed by atoms with E-state index in [1.807, 2.05) is 11.8 Å². The van der Waals surface area contributed by atoms with E-state index in [-0.39, 0.29) is 0 Å². The first kappa shape index (κ1) is 10.6. The molecule has 2 rings (SSSR count). The molecule has 0 spiro atoms. The highest BCUT2D eigenvalue weighted by atomic mass is 32.2. The highest BCUT2D eigenvalue weighted by molar-refractivity contribution is 7.98. The molecule has 0 aromatic heterocycles. The van der Waals surface area contributed by atoms with Gasteiger partial charge in [-0.15, -0.1) is 0 Å². The molecule has 0 aliphatic carbocycles. The van der Waals surface area contributed by atoms with Gasteiger partial charge in [0.2, 0.25) is 0 Å². The molecule has 2 aromatic carbocycles. The summed E-state index contributed by atoms with van der Waals surface area (Å²) < 4.78 is 0. The summed E-state index contributed by atoms with van der Waals surface area (Å²) in [5.41, 5.74) is 2.76. The topological polar surface area (TPSA) is 0 Å². The Bertz CT molecular complexity index is 460. The molecule has 0 unspecified atom stereocenters. The summed E-state index contributed by atoms with van der Waals surface area (Å²) in [5.74, 6) is 2.31. The van der Waals surface area contributed by atoms with Gasteiger partial charge in [-0.25, -0.2) is 0 Å². The van der Waals surface area contributed by atoms with Gasteiger partial charge in [-0.2, -0.15) is 11.8 Å². The summed E-state index contributed by atoms with van der Waals surface area (Å²) in [5, 5.41) is 2.70. The van der Waals surface area contributed by atoms with Crippen LogP contribution in [0, 0.1) is 6.92 Å². The van der Waals surface area contributed by atoms with E-state index in [9.17, 15) is 0 Å². The number of aryl methyl sites for hydroxylation is 1. The zero-order valence-corrected chi connectivity index (χ0v) is 10.1. The summed E-state index contributed by atoms with van der Waals surface area (Å²) in [6.07, 6.45) is 0. The van der Waals surface area contributed by atoms with E-state index in [1.165, 1.54) is 27.7 Å². The minimum absolute atomic E-state index is 1.13. The van der Waals surface area contributed by atoms with Gasteiger partial charge in [0.25, 0.3) is 0 Å². The van der Waals surface area contributed by atoms with E-state index in [2.05, 4.69) is 50.2 Å². The van der Waals surface area contributed by atoms with Crippen LogP contribution >= 0.6 is 11.8 Å². The zero-order valence-electron chi connectivity index (χ0n) is 9.29. The van der Waals surface area contributed by atoms with Crippen LogP contribution in [0.2, 0.25) is 0 Å². The number of rotatable bonds is 3. The smallest absolute Gasteiger partial charge is 0.0184 e. The fraction of sp³-hybridized carbons (Fsp3) is 0.286. The van der Waals surface area contributed by atoms with Gasteiger partial charge in [0.15, 0.2) is 0 Å². The van der Waals surface area contributed by atoms with Gasteiger partial charge >= 0.3 is 0 Å². The Morgan fingerprint density at radius 3 is 2.53 bits per heavy atom. The molecular weight excluding hydrogens is 200 g/mol. The van der Waals surface area contributed by atoms with Crippen LogP contribution in [0.4, 0.5) is 0 Å². The van der Waals surface area contributed by atoms with Crippen molar-refractivity contribution in [2.45, 2.75) is 19.6 Å². The summed E-state index contributed by atoms with van der Waals surface area (Å²) in [4.78, 5) is 0. The minimum atomic E-state index is 1.13. The fourth-order valence-corrected chi connectivity index (χ4v) is 2.34. The number of benzene rings is 2. The third kappa shape index (κ3) is 2.54. The Morgan fingerprint density at radius 1 is 1.00 bits per heavy atom. The van der Waals surface area contributed by atoms with Gasteiger partial charge in [-0.3, -0.25) is 0 Å². The molecule has 0 nitrogen and oxygen atoms in total. The Kier molecular flexibility index (Phi) is 3.32. The Hall–Kier alpha value is -0.950. The Labute approximate surface area is 95.7 Å². The zero-order chi connectivity index (χ0) is 10.7. The van der Waals surface area contributed by atoms with E-state index in [4.69, 9.17) is 0 Å². The van der Waals surface area contributed by atoms with Crippen LogP contribution in [0.3, 0.4) is 0 Å². The maximum Gasteiger partial charge on any atom is 0.0184 e. The third-order valence-electron chi connectivity index (χ3n) is 2.53. The molecular formula is C14H16S. The number of hydrogen-bond acceptors (Lipinski definition) is 1. The first-order valence-electron chi connectivity index (χ1n) is 5.36. The molecule has 78 valence electrons. The van der Waals surface area contributed by atoms with Crippen LogP contribution in [-0.4, -0.2) is 5.75 Å². The normalized spacial score (nSPS) is 10.8. The molecule has 0 fully saturated rings. The molecule has 0 saturated carbocycles. The predicted octanol–water partition coefficient (Wildman–Crippen LogP) is 4.40. The third-order valence-corrected chi connectivity index (χ3v) is 3.48. The van der Waals surface area contributed by atoms with Crippen LogP contribution in [-0.2, 0) is 5.75 Å². The lowest BCUT2D eigenvalue weighted by Crippen LogP contribution is -1.82. The SMILES string of the molecule is CCSCc1ccc2cc(C)ccc2c1. The quantitative estimate of drug-likeness (QED) is 0.732. The molecule has 0 aliphatic rings. The average molecular weight is 216 g/mol. The van der Waals surface area contributed by atoms with Gasteiger partial charge < -0.3 is 0 Å². The molecule has 0 aliphatic heterocycles. The van der Waals surface area contributed by atoms with Crippen molar-refractivity contribution >= 4 is 22.5 Å². The van der Waals surface area contributed by atoms with Crippen molar-refractivity contribution in [3.8, 4) is 0 Å². The van der Waals surface area contributed by atoms with Crippen molar-refractivity contribution in [3.63, 3.8) is 0 Å². The van der Waals surface area contributed by atoms with Crippen molar-refractivity contribution in [2.24, 2.45) is 0 Å². The maximum absolute atomic E-state index is 2.30. The lowest BCUT2D eigenvalue weighted by Gasteiger charge is -2.03. The molecule has 1 heteroatoms. The van der Waals surface area contributed by atoms with E-state index >= 15 is 0 Å². The maximum atomic E-state index is 2.30. The lowest BCUT2D eigenvalue weighted by molar-refractivity contribution is 1.41. The Morgan fingerprint density at radius 2 is 1.73 bits per heavy atom. The number of fused-ring (bicyclic) bond motifs is 1. The highest BCUT2D eigenvalue weighted by Gasteiger charge is 1.96. The second-order valence-corrected chi connectivity index (χ2v) is 5.10. The fourth-order valence-electron chi connectivity index (χ4n) is 1.72. The van der Waals surface area contributed by atoms with Crippen molar-refractivity contribution in [1.82, 2.24) is 0 Å². The van der Waals surface area contributed by atoms with Crippen LogP contribution < -0.4 is 0 Å². The summed E-state index contributed by atoms with van der Waals surface area (Å²) in [6.45, 7) is 4.34. The largest absolute Gasteiger partial charge is 0.157 e. The monoisotopic (exact) mass is 216 g/mol. The first-order valence-corrected chi connectivity index (χ1v) is 6.52. The van der Waals surface area contributed by atoms with Gasteiger partial charge in [-0.05, 0) is 29.0 Å². The number of hydrogen-bond donors (Lipinski definition) is 0. The predicted molar refractivity (Wildman–Crippen MR) is 70.5 cm³/mol. The van der Waals surface area contributed by atoms with Crippen LogP contribution in [0.1, 0.15) is 18.1 Å². The van der Waals surface area contributed by atoms with Crippen LogP contribution in [0.5, 0.6) is 0 Å². The standard InChI is InChI=1S/C14H16S/c1-3-15-10-12-5-7-13-8-11(2)4-6-14(13)9-12/h4-9H,3,10H2,1-2H3. The van der Waals surface area contributed by atoms with Gasteiger partial charge in [0.05, 0.1) is 0 Å². The van der Waals surface area contributed by atoms with Crippen molar-refractivity contribution in [2.75, 3.05) is 5.75 Å². The van der Waals surface area contributed by atoms with Crippen molar-refractivity contribution in [1.29, 1.82) is 0 Å². The average Bonchev–Trinajstić information content (AvgIpc) is 2.26. The van der Waals surface area contributed by atoms with E-state index < -0.39 is 0 Å². The molecule has 15 heavy (non-hydrogen) atoms. The minimum Gasteiger partial charge on any atom is -0.157 e. The second-order valence-electron chi connectivity index (χ2n) is 3.82. The first-order chi connectivity index (χ1) is 7.29. The van der Waals surface area contributed by atoms with Gasteiger partial charge in [0, 0.05) is 5.75 Å². The summed E-state index contributed by atoms with van der Waals surface area (Å²) in [6, 6.07) is 13.4. The van der Waals surface area contributed by atoms with E-state index in [1.54, 1.807) is 0 Å².